The van der Waals surface area contributed by atoms with Crippen molar-refractivity contribution >= 4 is 17.5 Å². The van der Waals surface area contributed by atoms with Crippen LogP contribution in [-0.2, 0) is 0 Å². The molecular weight excluding hydrogens is 212 g/mol. The van der Waals surface area contributed by atoms with Gasteiger partial charge in [0, 0.05) is 13.1 Å². The predicted molar refractivity (Wildman–Crippen MR) is 54.7 cm³/mol. The van der Waals surface area contributed by atoms with Crippen LogP contribution in [0.25, 0.3) is 5.65 Å². The fourth-order valence-electron chi connectivity index (χ4n) is 1.17. The second-order valence-electron chi connectivity index (χ2n) is 2.96. The van der Waals surface area contributed by atoms with Crippen LogP contribution in [-0.4, -0.2) is 44.1 Å². The van der Waals surface area contributed by atoms with Crippen LogP contribution in [0.5, 0.6) is 0 Å². The number of aromatic nitrogens is 5. The summed E-state index contributed by atoms with van der Waals surface area (Å²) in [5.41, 5.74) is 5.47. The number of nitrogens with zero attached hydrogens (tertiary/aromatic N) is 5. The van der Waals surface area contributed by atoms with E-state index in [0.717, 1.165) is 0 Å². The van der Waals surface area contributed by atoms with Crippen LogP contribution in [0, 0.1) is 0 Å². The Morgan fingerprint density at radius 2 is 2.31 bits per heavy atom. The Kier molecular flexibility index (Phi) is 2.76. The summed E-state index contributed by atoms with van der Waals surface area (Å²) in [4.78, 5) is 14.4. The fourth-order valence-corrected chi connectivity index (χ4v) is 1.17. The minimum absolute atomic E-state index is 0.411. The highest BCUT2D eigenvalue weighted by molar-refractivity contribution is 5.71. The van der Waals surface area contributed by atoms with Crippen molar-refractivity contribution < 1.29 is 4.79 Å². The molecule has 2 aromatic heterocycles. The molecule has 0 atom stereocenters. The number of rotatable bonds is 4. The lowest BCUT2D eigenvalue weighted by Crippen LogP contribution is -2.33. The van der Waals surface area contributed by atoms with Crippen molar-refractivity contribution in [3.05, 3.63) is 12.4 Å². The second-order valence-corrected chi connectivity index (χ2v) is 2.96. The van der Waals surface area contributed by atoms with E-state index in [-0.39, 0.29) is 0 Å². The molecule has 0 saturated heterocycles. The first-order valence-corrected chi connectivity index (χ1v) is 4.56. The zero-order valence-corrected chi connectivity index (χ0v) is 8.29. The second kappa shape index (κ2) is 4.38. The summed E-state index contributed by atoms with van der Waals surface area (Å²) in [6, 6.07) is -0.555. The lowest BCUT2D eigenvalue weighted by Gasteiger charge is -2.06. The zero-order chi connectivity index (χ0) is 11.4. The van der Waals surface area contributed by atoms with Gasteiger partial charge in [-0.05, 0) is 10.4 Å². The normalized spacial score (nSPS) is 10.2. The van der Waals surface area contributed by atoms with Gasteiger partial charge in [0.05, 0.1) is 12.4 Å². The number of carbonyl (C=O) groups excluding carboxylic acids is 1. The quantitative estimate of drug-likeness (QED) is 0.546. The molecule has 9 heteroatoms. The zero-order valence-electron chi connectivity index (χ0n) is 8.29. The van der Waals surface area contributed by atoms with Gasteiger partial charge in [-0.1, -0.05) is 0 Å². The Morgan fingerprint density at radius 3 is 3.12 bits per heavy atom. The molecule has 0 saturated carbocycles. The van der Waals surface area contributed by atoms with Crippen LogP contribution in [0.4, 0.5) is 10.6 Å². The highest BCUT2D eigenvalue weighted by Crippen LogP contribution is 2.04. The van der Waals surface area contributed by atoms with Gasteiger partial charge in [-0.3, -0.25) is 4.98 Å². The highest BCUT2D eigenvalue weighted by atomic mass is 16.2. The summed E-state index contributed by atoms with van der Waals surface area (Å²) in [6.45, 7) is 0.914. The van der Waals surface area contributed by atoms with Crippen molar-refractivity contribution in [2.75, 3.05) is 18.4 Å². The summed E-state index contributed by atoms with van der Waals surface area (Å²) in [7, 11) is 0. The van der Waals surface area contributed by atoms with Gasteiger partial charge in [-0.25, -0.2) is 4.79 Å². The molecule has 0 radical (unpaired) electrons. The number of hydrogen-bond donors (Lipinski definition) is 3. The summed E-state index contributed by atoms with van der Waals surface area (Å²) in [5.74, 6) is 0.647. The van der Waals surface area contributed by atoms with Crippen LogP contribution in [0.3, 0.4) is 0 Å². The van der Waals surface area contributed by atoms with Gasteiger partial charge in [0.1, 0.15) is 5.82 Å². The van der Waals surface area contributed by atoms with Gasteiger partial charge in [0.15, 0.2) is 5.65 Å². The number of tetrazole rings is 1. The standard InChI is InChI=1S/C7H10N8O/c8-7(16)11-2-1-10-5-3-9-4-6-12-13-14-15(5)6/h3-4,10H,1-2H2,(H3,8,11,16). The molecule has 0 aliphatic rings. The van der Waals surface area contributed by atoms with Gasteiger partial charge in [-0.15, -0.1) is 5.10 Å². The van der Waals surface area contributed by atoms with E-state index in [2.05, 4.69) is 31.1 Å². The maximum absolute atomic E-state index is 10.4. The third-order valence-electron chi connectivity index (χ3n) is 1.84. The molecular formula is C7H10N8O. The molecule has 0 aliphatic heterocycles. The van der Waals surface area contributed by atoms with E-state index in [1.807, 2.05) is 0 Å². The number of primary amides is 1. The van der Waals surface area contributed by atoms with Gasteiger partial charge in [-0.2, -0.15) is 4.52 Å². The van der Waals surface area contributed by atoms with E-state index in [0.29, 0.717) is 24.6 Å². The third kappa shape index (κ3) is 2.13. The summed E-state index contributed by atoms with van der Waals surface area (Å²) < 4.78 is 1.51. The van der Waals surface area contributed by atoms with Gasteiger partial charge in [0.2, 0.25) is 0 Å². The number of carbonyl (C=O) groups is 1. The molecule has 2 aromatic rings. The molecule has 0 aliphatic carbocycles. The number of nitrogens with one attached hydrogen (secondary N) is 2. The van der Waals surface area contributed by atoms with E-state index in [1.54, 1.807) is 12.4 Å². The Labute approximate surface area is 90.0 Å². The Bertz CT molecular complexity index is 494. The number of urea groups is 1. The van der Waals surface area contributed by atoms with E-state index in [4.69, 9.17) is 5.73 Å². The Hall–Kier alpha value is -2.45. The summed E-state index contributed by atoms with van der Waals surface area (Å²) >= 11 is 0. The van der Waals surface area contributed by atoms with E-state index < -0.39 is 6.03 Å². The van der Waals surface area contributed by atoms with E-state index >= 15 is 0 Å². The van der Waals surface area contributed by atoms with Crippen molar-refractivity contribution in [3.8, 4) is 0 Å². The first-order valence-electron chi connectivity index (χ1n) is 4.56. The lowest BCUT2D eigenvalue weighted by molar-refractivity contribution is 0.249. The molecule has 2 rings (SSSR count). The Morgan fingerprint density at radius 1 is 1.44 bits per heavy atom. The SMILES string of the molecule is NC(=O)NCCNc1cncc2nnnn12. The van der Waals surface area contributed by atoms with Gasteiger partial charge in [0.25, 0.3) is 0 Å². The average Bonchev–Trinajstić information content (AvgIpc) is 2.72. The smallest absolute Gasteiger partial charge is 0.312 e. The largest absolute Gasteiger partial charge is 0.367 e. The van der Waals surface area contributed by atoms with Crippen LogP contribution in [0.15, 0.2) is 12.4 Å². The predicted octanol–water partition coefficient (Wildman–Crippen LogP) is -1.40. The van der Waals surface area contributed by atoms with Crippen LogP contribution in [0.1, 0.15) is 0 Å². The summed E-state index contributed by atoms with van der Waals surface area (Å²) in [6.07, 6.45) is 3.14. The summed E-state index contributed by atoms with van der Waals surface area (Å²) in [5, 5.41) is 16.5. The number of fused-ring (bicyclic) bond motifs is 1. The first kappa shape index (κ1) is 10.1. The van der Waals surface area contributed by atoms with Crippen molar-refractivity contribution in [1.29, 1.82) is 0 Å². The molecule has 0 unspecified atom stereocenters. The van der Waals surface area contributed by atoms with Crippen LogP contribution in [0.2, 0.25) is 0 Å². The van der Waals surface area contributed by atoms with E-state index in [1.165, 1.54) is 4.52 Å². The van der Waals surface area contributed by atoms with Crippen LogP contribution < -0.4 is 16.4 Å². The van der Waals surface area contributed by atoms with E-state index in [9.17, 15) is 4.79 Å². The first-order chi connectivity index (χ1) is 7.77. The lowest BCUT2D eigenvalue weighted by atomic mass is 10.5. The minimum Gasteiger partial charge on any atom is -0.367 e. The average molecular weight is 222 g/mol. The molecule has 4 N–H and O–H groups in total. The van der Waals surface area contributed by atoms with Gasteiger partial charge >= 0.3 is 6.03 Å². The monoisotopic (exact) mass is 222 g/mol. The molecule has 9 nitrogen and oxygen atoms in total. The van der Waals surface area contributed by atoms with Crippen molar-refractivity contribution in [3.63, 3.8) is 0 Å². The number of amides is 2. The number of nitrogens with two attached hydrogens (primary N) is 1. The topological polar surface area (TPSA) is 123 Å². The minimum atomic E-state index is -0.555. The Balaban J connectivity index is 1.98. The number of hydrogen-bond acceptors (Lipinski definition) is 6. The number of anilines is 1. The van der Waals surface area contributed by atoms with Crippen molar-refractivity contribution in [2.45, 2.75) is 0 Å². The molecule has 16 heavy (non-hydrogen) atoms. The molecule has 2 heterocycles. The highest BCUT2D eigenvalue weighted by Gasteiger charge is 2.02. The molecule has 0 fully saturated rings. The van der Waals surface area contributed by atoms with Crippen LogP contribution >= 0.6 is 0 Å². The van der Waals surface area contributed by atoms with Gasteiger partial charge < -0.3 is 16.4 Å². The molecule has 0 bridgehead atoms. The maximum Gasteiger partial charge on any atom is 0.312 e. The molecule has 84 valence electrons. The van der Waals surface area contributed by atoms with Crippen molar-refractivity contribution in [2.24, 2.45) is 5.73 Å². The fraction of sp³-hybridized carbons (Fsp3) is 0.286. The molecule has 2 amide bonds. The van der Waals surface area contributed by atoms with Crippen molar-refractivity contribution in [1.82, 2.24) is 30.3 Å². The maximum atomic E-state index is 10.4. The third-order valence-corrected chi connectivity index (χ3v) is 1.84. The molecule has 0 aromatic carbocycles. The molecule has 0 spiro atoms.